The fourth-order valence-electron chi connectivity index (χ4n) is 3.38. The summed E-state index contributed by atoms with van der Waals surface area (Å²) in [6, 6.07) is 5.80. The summed E-state index contributed by atoms with van der Waals surface area (Å²) in [5.41, 5.74) is 6.20. The number of amides is 2. The molecule has 0 saturated carbocycles. The SMILES string of the molecule is Cc1ccc(NC(=O)C2CCN(S(=O)(=O)c3cc(C(N)=O)n(C)c3)CC2)c(F)c1. The van der Waals surface area contributed by atoms with Gasteiger partial charge in [-0.2, -0.15) is 4.31 Å². The maximum Gasteiger partial charge on any atom is 0.265 e. The van der Waals surface area contributed by atoms with Crippen LogP contribution < -0.4 is 11.1 Å². The Balaban J connectivity index is 1.65. The van der Waals surface area contributed by atoms with Crippen LogP contribution in [-0.2, 0) is 21.9 Å². The minimum Gasteiger partial charge on any atom is -0.364 e. The zero-order valence-electron chi connectivity index (χ0n) is 16.2. The first kappa shape index (κ1) is 21.0. The van der Waals surface area contributed by atoms with Crippen molar-refractivity contribution in [1.29, 1.82) is 0 Å². The second-order valence-electron chi connectivity index (χ2n) is 7.19. The van der Waals surface area contributed by atoms with Gasteiger partial charge in [-0.1, -0.05) is 6.07 Å². The number of hydrogen-bond acceptors (Lipinski definition) is 4. The first-order chi connectivity index (χ1) is 13.6. The molecule has 0 unspecified atom stereocenters. The highest BCUT2D eigenvalue weighted by atomic mass is 32.2. The summed E-state index contributed by atoms with van der Waals surface area (Å²) in [4.78, 5) is 23.8. The molecule has 0 bridgehead atoms. The Labute approximate surface area is 168 Å². The predicted molar refractivity (Wildman–Crippen MR) is 105 cm³/mol. The molecule has 1 saturated heterocycles. The van der Waals surface area contributed by atoms with E-state index in [-0.39, 0.29) is 35.3 Å². The third-order valence-electron chi connectivity index (χ3n) is 5.08. The number of benzene rings is 1. The van der Waals surface area contributed by atoms with Gasteiger partial charge in [0.1, 0.15) is 16.4 Å². The molecule has 0 radical (unpaired) electrons. The molecule has 8 nitrogen and oxygen atoms in total. The fraction of sp³-hybridized carbons (Fsp3) is 0.368. The van der Waals surface area contributed by atoms with Crippen molar-refractivity contribution in [3.05, 3.63) is 47.5 Å². The Morgan fingerprint density at radius 1 is 1.21 bits per heavy atom. The lowest BCUT2D eigenvalue weighted by Gasteiger charge is -2.30. The van der Waals surface area contributed by atoms with Crippen molar-refractivity contribution in [3.8, 4) is 0 Å². The van der Waals surface area contributed by atoms with E-state index in [0.717, 1.165) is 5.56 Å². The van der Waals surface area contributed by atoms with Crippen LogP contribution in [0.15, 0.2) is 35.4 Å². The Kier molecular flexibility index (Phi) is 5.76. The molecule has 2 heterocycles. The van der Waals surface area contributed by atoms with Crippen LogP contribution in [0.2, 0.25) is 0 Å². The number of hydrogen-bond donors (Lipinski definition) is 2. The number of aromatic nitrogens is 1. The predicted octanol–water partition coefficient (Wildman–Crippen LogP) is 1.61. The van der Waals surface area contributed by atoms with Gasteiger partial charge in [-0.3, -0.25) is 9.59 Å². The molecular formula is C19H23FN4O4S. The molecule has 0 atom stereocenters. The highest BCUT2D eigenvalue weighted by Gasteiger charge is 2.33. The molecule has 0 spiro atoms. The molecule has 2 aromatic rings. The van der Waals surface area contributed by atoms with Crippen molar-refractivity contribution in [2.24, 2.45) is 18.7 Å². The van der Waals surface area contributed by atoms with Crippen molar-refractivity contribution in [2.45, 2.75) is 24.7 Å². The molecule has 3 N–H and O–H groups in total. The van der Waals surface area contributed by atoms with Crippen molar-refractivity contribution in [2.75, 3.05) is 18.4 Å². The molecule has 1 aliphatic rings. The van der Waals surface area contributed by atoms with E-state index in [9.17, 15) is 22.4 Å². The van der Waals surface area contributed by atoms with Gasteiger partial charge in [0.25, 0.3) is 5.91 Å². The van der Waals surface area contributed by atoms with Gasteiger partial charge in [0, 0.05) is 32.3 Å². The van der Waals surface area contributed by atoms with Crippen LogP contribution in [0.1, 0.15) is 28.9 Å². The van der Waals surface area contributed by atoms with Crippen molar-refractivity contribution < 1.29 is 22.4 Å². The quantitative estimate of drug-likeness (QED) is 0.762. The monoisotopic (exact) mass is 422 g/mol. The van der Waals surface area contributed by atoms with Gasteiger partial charge in [-0.05, 0) is 43.5 Å². The highest BCUT2D eigenvalue weighted by molar-refractivity contribution is 7.89. The maximum absolute atomic E-state index is 13.9. The number of nitrogens with zero attached hydrogens (tertiary/aromatic N) is 2. The largest absolute Gasteiger partial charge is 0.364 e. The molecule has 29 heavy (non-hydrogen) atoms. The number of sulfonamides is 1. The zero-order valence-corrected chi connectivity index (χ0v) is 17.0. The summed E-state index contributed by atoms with van der Waals surface area (Å²) in [6.07, 6.45) is 1.97. The Hall–Kier alpha value is -2.72. The number of nitrogens with two attached hydrogens (primary N) is 1. The topological polar surface area (TPSA) is 114 Å². The smallest absolute Gasteiger partial charge is 0.265 e. The van der Waals surface area contributed by atoms with E-state index in [1.165, 1.54) is 33.3 Å². The van der Waals surface area contributed by atoms with Gasteiger partial charge < -0.3 is 15.6 Å². The molecular weight excluding hydrogens is 399 g/mol. The van der Waals surface area contributed by atoms with Gasteiger partial charge in [0.15, 0.2) is 0 Å². The summed E-state index contributed by atoms with van der Waals surface area (Å²) in [7, 11) is -2.26. The van der Waals surface area contributed by atoms with E-state index >= 15 is 0 Å². The summed E-state index contributed by atoms with van der Waals surface area (Å²) < 4.78 is 42.2. The number of halogens is 1. The number of carbonyl (C=O) groups is 2. The molecule has 10 heteroatoms. The number of primary amides is 1. The molecule has 3 rings (SSSR count). The average Bonchev–Trinajstić information content (AvgIpc) is 3.07. The van der Waals surface area contributed by atoms with E-state index in [4.69, 9.17) is 5.73 Å². The average molecular weight is 422 g/mol. The summed E-state index contributed by atoms with van der Waals surface area (Å²) in [6.45, 7) is 2.05. The first-order valence-electron chi connectivity index (χ1n) is 9.13. The lowest BCUT2D eigenvalue weighted by molar-refractivity contribution is -0.120. The van der Waals surface area contributed by atoms with Crippen LogP contribution in [-0.4, -0.2) is 42.2 Å². The third kappa shape index (κ3) is 4.33. The summed E-state index contributed by atoms with van der Waals surface area (Å²) in [5.74, 6) is -1.97. The van der Waals surface area contributed by atoms with Gasteiger partial charge in [-0.15, -0.1) is 0 Å². The molecule has 0 aliphatic carbocycles. The lowest BCUT2D eigenvalue weighted by Crippen LogP contribution is -2.41. The normalized spacial score (nSPS) is 16.0. The molecule has 1 aromatic heterocycles. The van der Waals surface area contributed by atoms with Crippen LogP contribution >= 0.6 is 0 Å². The van der Waals surface area contributed by atoms with Gasteiger partial charge in [0.05, 0.1) is 5.69 Å². The minimum absolute atomic E-state index is 0.0153. The number of piperidine rings is 1. The maximum atomic E-state index is 13.9. The molecule has 156 valence electrons. The molecule has 1 aromatic carbocycles. The Morgan fingerprint density at radius 3 is 2.41 bits per heavy atom. The van der Waals surface area contributed by atoms with Crippen LogP contribution in [0, 0.1) is 18.7 Å². The summed E-state index contributed by atoms with van der Waals surface area (Å²) >= 11 is 0. The van der Waals surface area contributed by atoms with Crippen molar-refractivity contribution in [3.63, 3.8) is 0 Å². The fourth-order valence-corrected chi connectivity index (χ4v) is 4.93. The number of aryl methyl sites for hydroxylation is 2. The van der Waals surface area contributed by atoms with Crippen LogP contribution in [0.4, 0.5) is 10.1 Å². The van der Waals surface area contributed by atoms with Crippen molar-refractivity contribution >= 4 is 27.5 Å². The van der Waals surface area contributed by atoms with E-state index in [2.05, 4.69) is 5.32 Å². The van der Waals surface area contributed by atoms with Gasteiger partial charge >= 0.3 is 0 Å². The Morgan fingerprint density at radius 2 is 1.86 bits per heavy atom. The number of anilines is 1. The standard InChI is InChI=1S/C19H23FN4O4S/c1-12-3-4-16(15(20)9-12)22-19(26)13-5-7-24(8-6-13)29(27,28)14-10-17(18(21)25)23(2)11-14/h3-4,9-11,13H,5-8H2,1-2H3,(H2,21,25)(H,22,26). The van der Waals surface area contributed by atoms with E-state index in [0.29, 0.717) is 12.8 Å². The second-order valence-corrected chi connectivity index (χ2v) is 9.13. The van der Waals surface area contributed by atoms with E-state index < -0.39 is 27.7 Å². The third-order valence-corrected chi connectivity index (χ3v) is 6.94. The number of nitrogens with one attached hydrogen (secondary N) is 1. The second kappa shape index (κ2) is 7.96. The highest BCUT2D eigenvalue weighted by Crippen LogP contribution is 2.26. The minimum atomic E-state index is -3.80. The Bertz CT molecular complexity index is 1060. The number of rotatable bonds is 5. The van der Waals surface area contributed by atoms with Gasteiger partial charge in [-0.25, -0.2) is 12.8 Å². The lowest BCUT2D eigenvalue weighted by atomic mass is 9.97. The van der Waals surface area contributed by atoms with E-state index in [1.807, 2.05) is 0 Å². The van der Waals surface area contributed by atoms with Crippen LogP contribution in [0.3, 0.4) is 0 Å². The van der Waals surface area contributed by atoms with Crippen LogP contribution in [0.5, 0.6) is 0 Å². The summed E-state index contributed by atoms with van der Waals surface area (Å²) in [5, 5.41) is 2.58. The molecule has 1 aliphatic heterocycles. The van der Waals surface area contributed by atoms with E-state index in [1.54, 1.807) is 20.0 Å². The van der Waals surface area contributed by atoms with Gasteiger partial charge in [0.2, 0.25) is 15.9 Å². The number of carbonyl (C=O) groups excluding carboxylic acids is 2. The first-order valence-corrected chi connectivity index (χ1v) is 10.6. The molecule has 1 fully saturated rings. The zero-order chi connectivity index (χ0) is 21.3. The van der Waals surface area contributed by atoms with Crippen molar-refractivity contribution in [1.82, 2.24) is 8.87 Å². The van der Waals surface area contributed by atoms with Crippen LogP contribution in [0.25, 0.3) is 0 Å². The molecule has 2 amide bonds.